The zero-order valence-corrected chi connectivity index (χ0v) is 11.4. The van der Waals surface area contributed by atoms with Crippen molar-refractivity contribution in [3.63, 3.8) is 0 Å². The molecule has 1 fully saturated rings. The molecule has 1 unspecified atom stereocenters. The predicted molar refractivity (Wildman–Crippen MR) is 77.7 cm³/mol. The number of hydrogen-bond donors (Lipinski definition) is 2. The van der Waals surface area contributed by atoms with Crippen LogP contribution in [0.2, 0.25) is 0 Å². The summed E-state index contributed by atoms with van der Waals surface area (Å²) in [6.45, 7) is 5.86. The smallest absolute Gasteiger partial charge is 0.253 e. The molecule has 2 aliphatic rings. The van der Waals surface area contributed by atoms with E-state index in [1.54, 1.807) is 0 Å². The molecule has 19 heavy (non-hydrogen) atoms. The third kappa shape index (κ3) is 2.39. The van der Waals surface area contributed by atoms with Crippen LogP contribution in [0, 0.1) is 5.92 Å². The number of benzene rings is 1. The monoisotopic (exact) mass is 259 g/mol. The minimum Gasteiger partial charge on any atom is -0.382 e. The summed E-state index contributed by atoms with van der Waals surface area (Å²) in [4.78, 5) is 14.5. The number of carbonyl (C=O) groups excluding carboxylic acids is 1. The third-order valence-electron chi connectivity index (χ3n) is 4.17. The van der Waals surface area contributed by atoms with Crippen LogP contribution in [0.25, 0.3) is 0 Å². The predicted octanol–water partition coefficient (Wildman–Crippen LogP) is 2.40. The fourth-order valence-corrected chi connectivity index (χ4v) is 2.90. The van der Waals surface area contributed by atoms with Gasteiger partial charge in [-0.05, 0) is 30.5 Å². The van der Waals surface area contributed by atoms with Gasteiger partial charge in [0, 0.05) is 31.7 Å². The van der Waals surface area contributed by atoms with E-state index in [1.807, 2.05) is 23.1 Å². The van der Waals surface area contributed by atoms with E-state index in [0.717, 1.165) is 49.5 Å². The van der Waals surface area contributed by atoms with Gasteiger partial charge in [0.1, 0.15) is 0 Å². The van der Waals surface area contributed by atoms with Crippen molar-refractivity contribution < 1.29 is 4.79 Å². The summed E-state index contributed by atoms with van der Waals surface area (Å²) in [5, 5.41) is 6.66. The maximum absolute atomic E-state index is 12.5. The summed E-state index contributed by atoms with van der Waals surface area (Å²) in [5.41, 5.74) is 2.94. The Balaban J connectivity index is 1.77. The molecule has 1 aromatic carbocycles. The van der Waals surface area contributed by atoms with E-state index >= 15 is 0 Å². The lowest BCUT2D eigenvalue weighted by atomic mass is 10.1. The second-order valence-electron chi connectivity index (χ2n) is 5.43. The first kappa shape index (κ1) is 12.3. The minimum absolute atomic E-state index is 0.172. The molecule has 1 atom stereocenters. The minimum atomic E-state index is 0.172. The summed E-state index contributed by atoms with van der Waals surface area (Å²) in [6, 6.07) is 5.91. The fraction of sp³-hybridized carbons (Fsp3) is 0.533. The van der Waals surface area contributed by atoms with Crippen LogP contribution in [0.3, 0.4) is 0 Å². The number of nitrogens with zero attached hydrogens (tertiary/aromatic N) is 1. The van der Waals surface area contributed by atoms with Crippen LogP contribution >= 0.6 is 0 Å². The highest BCUT2D eigenvalue weighted by Crippen LogP contribution is 2.27. The van der Waals surface area contributed by atoms with Crippen molar-refractivity contribution in [3.05, 3.63) is 23.8 Å². The number of likely N-dealkylation sites (tertiary alicyclic amines) is 1. The number of fused-ring (bicyclic) bond motifs is 1. The average Bonchev–Trinajstić information content (AvgIpc) is 2.95. The molecule has 0 aliphatic carbocycles. The quantitative estimate of drug-likeness (QED) is 0.857. The number of hydrogen-bond acceptors (Lipinski definition) is 3. The molecule has 102 valence electrons. The van der Waals surface area contributed by atoms with Gasteiger partial charge in [0.2, 0.25) is 0 Å². The lowest BCUT2D eigenvalue weighted by Crippen LogP contribution is -2.29. The highest BCUT2D eigenvalue weighted by Gasteiger charge is 2.26. The third-order valence-corrected chi connectivity index (χ3v) is 4.17. The maximum atomic E-state index is 12.5. The van der Waals surface area contributed by atoms with E-state index in [4.69, 9.17) is 0 Å². The van der Waals surface area contributed by atoms with Crippen molar-refractivity contribution >= 4 is 17.3 Å². The number of anilines is 2. The molecule has 4 heteroatoms. The lowest BCUT2D eigenvalue weighted by molar-refractivity contribution is 0.0787. The molecule has 2 heterocycles. The first-order valence-corrected chi connectivity index (χ1v) is 7.19. The first-order valence-electron chi connectivity index (χ1n) is 7.19. The Kier molecular flexibility index (Phi) is 3.32. The fourth-order valence-electron chi connectivity index (χ4n) is 2.90. The van der Waals surface area contributed by atoms with Crippen LogP contribution in [0.4, 0.5) is 11.4 Å². The molecule has 0 bridgehead atoms. The molecule has 0 saturated carbocycles. The number of nitrogens with one attached hydrogen (secondary N) is 2. The molecular formula is C15H21N3O. The summed E-state index contributed by atoms with van der Waals surface area (Å²) in [6.07, 6.45) is 2.31. The topological polar surface area (TPSA) is 44.4 Å². The van der Waals surface area contributed by atoms with Gasteiger partial charge in [-0.3, -0.25) is 4.79 Å². The Morgan fingerprint density at radius 1 is 1.32 bits per heavy atom. The Morgan fingerprint density at radius 3 is 2.84 bits per heavy atom. The largest absolute Gasteiger partial charge is 0.382 e. The lowest BCUT2D eigenvalue weighted by Gasteiger charge is -2.22. The molecule has 0 aromatic heterocycles. The standard InChI is InChI=1S/C15H21N3O/c1-2-11-5-8-18(10-11)15(19)12-3-4-13-14(9-12)17-7-6-16-13/h3-4,9,11,16-17H,2,5-8,10H2,1H3. The van der Waals surface area contributed by atoms with Gasteiger partial charge in [0.05, 0.1) is 11.4 Å². The van der Waals surface area contributed by atoms with Crippen molar-refractivity contribution in [1.82, 2.24) is 4.90 Å². The number of carbonyl (C=O) groups is 1. The van der Waals surface area contributed by atoms with E-state index in [-0.39, 0.29) is 5.91 Å². The molecule has 0 spiro atoms. The van der Waals surface area contributed by atoms with Gasteiger partial charge in [-0.2, -0.15) is 0 Å². The van der Waals surface area contributed by atoms with Crippen LogP contribution < -0.4 is 10.6 Å². The van der Waals surface area contributed by atoms with Crippen LogP contribution in [0.5, 0.6) is 0 Å². The molecule has 2 N–H and O–H groups in total. The number of rotatable bonds is 2. The Labute approximate surface area is 114 Å². The maximum Gasteiger partial charge on any atom is 0.253 e. The summed E-state index contributed by atoms with van der Waals surface area (Å²) < 4.78 is 0. The zero-order valence-electron chi connectivity index (χ0n) is 11.4. The molecule has 1 aromatic rings. The van der Waals surface area contributed by atoms with Gasteiger partial charge in [-0.1, -0.05) is 13.3 Å². The van der Waals surface area contributed by atoms with Crippen molar-refractivity contribution in [1.29, 1.82) is 0 Å². The van der Waals surface area contributed by atoms with E-state index in [9.17, 15) is 4.79 Å². The summed E-state index contributed by atoms with van der Waals surface area (Å²) in [5.74, 6) is 0.854. The summed E-state index contributed by atoms with van der Waals surface area (Å²) in [7, 11) is 0. The highest BCUT2D eigenvalue weighted by molar-refractivity contribution is 5.96. The molecule has 1 amide bonds. The van der Waals surface area contributed by atoms with Crippen LogP contribution in [-0.2, 0) is 0 Å². The Hall–Kier alpha value is -1.71. The van der Waals surface area contributed by atoms with Crippen LogP contribution in [-0.4, -0.2) is 37.0 Å². The van der Waals surface area contributed by atoms with E-state index in [1.165, 1.54) is 6.42 Å². The molecular weight excluding hydrogens is 238 g/mol. The van der Waals surface area contributed by atoms with Crippen molar-refractivity contribution in [3.8, 4) is 0 Å². The average molecular weight is 259 g/mol. The molecule has 0 radical (unpaired) electrons. The highest BCUT2D eigenvalue weighted by atomic mass is 16.2. The van der Waals surface area contributed by atoms with Crippen LogP contribution in [0.15, 0.2) is 18.2 Å². The van der Waals surface area contributed by atoms with Crippen LogP contribution in [0.1, 0.15) is 30.1 Å². The summed E-state index contributed by atoms with van der Waals surface area (Å²) >= 11 is 0. The second kappa shape index (κ2) is 5.11. The number of amides is 1. The van der Waals surface area contributed by atoms with E-state index < -0.39 is 0 Å². The Bertz CT molecular complexity index is 486. The normalized spacial score (nSPS) is 21.5. The van der Waals surface area contributed by atoms with Gasteiger partial charge in [0.25, 0.3) is 5.91 Å². The molecule has 1 saturated heterocycles. The van der Waals surface area contributed by atoms with Crippen molar-refractivity contribution in [2.45, 2.75) is 19.8 Å². The van der Waals surface area contributed by atoms with Crippen molar-refractivity contribution in [2.24, 2.45) is 5.92 Å². The van der Waals surface area contributed by atoms with E-state index in [0.29, 0.717) is 5.92 Å². The van der Waals surface area contributed by atoms with Gasteiger partial charge >= 0.3 is 0 Å². The zero-order chi connectivity index (χ0) is 13.2. The van der Waals surface area contributed by atoms with Gasteiger partial charge < -0.3 is 15.5 Å². The van der Waals surface area contributed by atoms with E-state index in [2.05, 4.69) is 17.6 Å². The van der Waals surface area contributed by atoms with Crippen molar-refractivity contribution in [2.75, 3.05) is 36.8 Å². The SMILES string of the molecule is CCC1CCN(C(=O)c2ccc3c(c2)NCCN3)C1. The second-order valence-corrected chi connectivity index (χ2v) is 5.43. The van der Waals surface area contributed by atoms with Gasteiger partial charge in [-0.15, -0.1) is 0 Å². The Morgan fingerprint density at radius 2 is 2.11 bits per heavy atom. The molecule has 4 nitrogen and oxygen atoms in total. The first-order chi connectivity index (χ1) is 9.28. The molecule has 3 rings (SSSR count). The molecule has 2 aliphatic heterocycles. The van der Waals surface area contributed by atoms with Gasteiger partial charge in [-0.25, -0.2) is 0 Å². The van der Waals surface area contributed by atoms with Gasteiger partial charge in [0.15, 0.2) is 0 Å².